The van der Waals surface area contributed by atoms with Crippen molar-refractivity contribution in [2.75, 3.05) is 0 Å². The molecule has 0 bridgehead atoms. The number of aliphatic carboxylic acids is 1. The van der Waals surface area contributed by atoms with Crippen molar-refractivity contribution in [2.24, 2.45) is 0 Å². The van der Waals surface area contributed by atoms with E-state index in [-0.39, 0.29) is 12.8 Å². The van der Waals surface area contributed by atoms with Gasteiger partial charge in [0.05, 0.1) is 18.6 Å². The lowest BCUT2D eigenvalue weighted by atomic mass is 9.96. The maximum Gasteiger partial charge on any atom is 0.305 e. The first-order valence-electron chi connectivity index (χ1n) is 8.37. The van der Waals surface area contributed by atoms with Gasteiger partial charge in [0.2, 0.25) is 0 Å². The first-order valence-corrected chi connectivity index (χ1v) is 9.19. The molecule has 0 amide bonds. The second-order valence-corrected chi connectivity index (χ2v) is 7.20. The number of hydrogen-bond acceptors (Lipinski definition) is 4. The zero-order valence-corrected chi connectivity index (χ0v) is 14.9. The first-order chi connectivity index (χ1) is 12.5. The molecule has 0 saturated heterocycles. The van der Waals surface area contributed by atoms with Crippen LogP contribution in [0, 0.1) is 0 Å². The van der Waals surface area contributed by atoms with Crippen LogP contribution in [0.1, 0.15) is 24.0 Å². The summed E-state index contributed by atoms with van der Waals surface area (Å²) in [5.74, 6) is -1.08. The van der Waals surface area contributed by atoms with Crippen molar-refractivity contribution in [3.8, 4) is 0 Å². The highest BCUT2D eigenvalue weighted by Gasteiger charge is 2.19. The maximum atomic E-state index is 10.6. The Morgan fingerprint density at radius 3 is 2.15 bits per heavy atom. The van der Waals surface area contributed by atoms with Crippen LogP contribution >= 0.6 is 11.8 Å². The van der Waals surface area contributed by atoms with Gasteiger partial charge in [-0.2, -0.15) is 0 Å². The fourth-order valence-corrected chi connectivity index (χ4v) is 4.03. The summed E-state index contributed by atoms with van der Waals surface area (Å²) in [7, 11) is 0. The van der Waals surface area contributed by atoms with Gasteiger partial charge >= 0.3 is 5.97 Å². The number of fused-ring (bicyclic) bond motifs is 2. The second-order valence-electron chi connectivity index (χ2n) is 6.11. The molecular formula is C21H20O4S. The van der Waals surface area contributed by atoms with E-state index in [1.807, 2.05) is 30.3 Å². The number of benzene rings is 2. The van der Waals surface area contributed by atoms with Gasteiger partial charge in [-0.05, 0) is 28.8 Å². The number of aliphatic hydroxyl groups is 2. The summed E-state index contributed by atoms with van der Waals surface area (Å²) in [4.78, 5) is 12.9. The van der Waals surface area contributed by atoms with Crippen molar-refractivity contribution < 1.29 is 20.1 Å². The highest BCUT2D eigenvalue weighted by molar-refractivity contribution is 7.99. The number of rotatable bonds is 6. The third-order valence-electron chi connectivity index (χ3n) is 4.09. The summed E-state index contributed by atoms with van der Waals surface area (Å²) in [6.45, 7) is 0. The molecule has 5 heteroatoms. The van der Waals surface area contributed by atoms with E-state index >= 15 is 0 Å². The number of carbonyl (C=O) groups is 1. The van der Waals surface area contributed by atoms with E-state index in [0.717, 1.165) is 16.7 Å². The van der Waals surface area contributed by atoms with Gasteiger partial charge in [0.1, 0.15) is 0 Å². The van der Waals surface area contributed by atoms with Gasteiger partial charge in [0.15, 0.2) is 0 Å². The van der Waals surface area contributed by atoms with E-state index in [9.17, 15) is 15.0 Å². The molecule has 0 saturated carbocycles. The second kappa shape index (κ2) is 8.36. The van der Waals surface area contributed by atoms with Crippen molar-refractivity contribution in [2.45, 2.75) is 34.8 Å². The lowest BCUT2D eigenvalue weighted by Crippen LogP contribution is -2.19. The molecule has 0 aromatic heterocycles. The molecule has 1 heterocycles. The van der Waals surface area contributed by atoms with Crippen molar-refractivity contribution in [3.05, 3.63) is 77.9 Å². The summed E-state index contributed by atoms with van der Waals surface area (Å²) in [5, 5.41) is 28.2. The molecule has 0 spiro atoms. The molecule has 134 valence electrons. The molecule has 3 rings (SSSR count). The average Bonchev–Trinajstić information content (AvgIpc) is 2.60. The molecule has 2 aromatic carbocycles. The highest BCUT2D eigenvalue weighted by atomic mass is 32.2. The normalized spacial score (nSPS) is 15.2. The summed E-state index contributed by atoms with van der Waals surface area (Å²) in [6, 6.07) is 16.4. The number of allylic oxidation sites excluding steroid dienone is 2. The zero-order chi connectivity index (χ0) is 18.5. The minimum Gasteiger partial charge on any atom is -0.481 e. The topological polar surface area (TPSA) is 77.8 Å². The van der Waals surface area contributed by atoms with E-state index in [1.54, 1.807) is 23.9 Å². The molecule has 0 radical (unpaired) electrons. The van der Waals surface area contributed by atoms with Gasteiger partial charge in [0, 0.05) is 16.2 Å². The van der Waals surface area contributed by atoms with Crippen molar-refractivity contribution >= 4 is 23.3 Å². The fourth-order valence-electron chi connectivity index (χ4n) is 2.92. The molecular weight excluding hydrogens is 348 g/mol. The Bertz CT molecular complexity index is 809. The Hall–Kier alpha value is -2.34. The van der Waals surface area contributed by atoms with E-state index in [0.29, 0.717) is 0 Å². The third kappa shape index (κ3) is 4.43. The predicted octanol–water partition coefficient (Wildman–Crippen LogP) is 3.73. The van der Waals surface area contributed by atoms with Crippen molar-refractivity contribution in [1.82, 2.24) is 0 Å². The number of aliphatic hydroxyl groups excluding tert-OH is 2. The largest absolute Gasteiger partial charge is 0.481 e. The predicted molar refractivity (Wildman–Crippen MR) is 102 cm³/mol. The van der Waals surface area contributed by atoms with Crippen LogP contribution in [0.2, 0.25) is 0 Å². The maximum absolute atomic E-state index is 10.6. The quantitative estimate of drug-likeness (QED) is 0.618. The Morgan fingerprint density at radius 1 is 1.00 bits per heavy atom. The SMILES string of the molecule is O=C(O)CC(O)CC(O)/C=C/C=C1c2ccccc2Sc2ccccc21. The van der Waals surface area contributed by atoms with Crippen LogP contribution in [0.3, 0.4) is 0 Å². The smallest absolute Gasteiger partial charge is 0.305 e. The molecule has 1 aliphatic heterocycles. The lowest BCUT2D eigenvalue weighted by Gasteiger charge is -2.21. The van der Waals surface area contributed by atoms with Crippen LogP contribution in [0.4, 0.5) is 0 Å². The number of carboxylic acids is 1. The van der Waals surface area contributed by atoms with E-state index < -0.39 is 18.2 Å². The van der Waals surface area contributed by atoms with Crippen LogP contribution in [-0.4, -0.2) is 33.5 Å². The van der Waals surface area contributed by atoms with Gasteiger partial charge in [-0.15, -0.1) is 0 Å². The van der Waals surface area contributed by atoms with E-state index in [2.05, 4.69) is 24.3 Å². The molecule has 2 aromatic rings. The lowest BCUT2D eigenvalue weighted by molar-refractivity contribution is -0.139. The van der Waals surface area contributed by atoms with Crippen LogP contribution in [0.25, 0.3) is 5.57 Å². The summed E-state index contributed by atoms with van der Waals surface area (Å²) < 4.78 is 0. The Kier molecular flexibility index (Phi) is 5.93. The number of carboxylic acid groups (broad SMARTS) is 1. The van der Waals surface area contributed by atoms with Gasteiger partial charge < -0.3 is 15.3 Å². The summed E-state index contributed by atoms with van der Waals surface area (Å²) in [6.07, 6.45) is 2.95. The Morgan fingerprint density at radius 2 is 1.58 bits per heavy atom. The molecule has 1 aliphatic rings. The molecule has 0 fully saturated rings. The number of hydrogen-bond donors (Lipinski definition) is 3. The van der Waals surface area contributed by atoms with E-state index in [4.69, 9.17) is 5.11 Å². The van der Waals surface area contributed by atoms with Crippen LogP contribution in [-0.2, 0) is 4.79 Å². The highest BCUT2D eigenvalue weighted by Crippen LogP contribution is 2.45. The summed E-state index contributed by atoms with van der Waals surface area (Å²) in [5.41, 5.74) is 3.35. The molecule has 4 nitrogen and oxygen atoms in total. The average molecular weight is 368 g/mol. The van der Waals surface area contributed by atoms with Crippen molar-refractivity contribution in [1.29, 1.82) is 0 Å². The third-order valence-corrected chi connectivity index (χ3v) is 5.25. The van der Waals surface area contributed by atoms with Gasteiger partial charge in [-0.3, -0.25) is 4.79 Å². The van der Waals surface area contributed by atoms with Crippen LogP contribution in [0.15, 0.2) is 76.5 Å². The van der Waals surface area contributed by atoms with Gasteiger partial charge in [-0.25, -0.2) is 0 Å². The molecule has 0 aliphatic carbocycles. The molecule has 3 N–H and O–H groups in total. The Balaban J connectivity index is 1.81. The standard InChI is InChI=1S/C21H20O4S/c22-14(12-15(23)13-21(24)25)6-5-9-16-17-7-1-3-10-19(17)26-20-11-4-2-8-18(16)20/h1-11,14-15,22-23H,12-13H2,(H,24,25)/b6-5+. The Labute approximate surface area is 156 Å². The zero-order valence-electron chi connectivity index (χ0n) is 14.1. The molecule has 2 unspecified atom stereocenters. The van der Waals surface area contributed by atoms with Crippen LogP contribution < -0.4 is 0 Å². The first kappa shape index (κ1) is 18.5. The molecule has 2 atom stereocenters. The summed E-state index contributed by atoms with van der Waals surface area (Å²) >= 11 is 1.74. The van der Waals surface area contributed by atoms with Crippen molar-refractivity contribution in [3.63, 3.8) is 0 Å². The van der Waals surface area contributed by atoms with Gasteiger partial charge in [0.25, 0.3) is 0 Å². The monoisotopic (exact) mass is 368 g/mol. The minimum atomic E-state index is -1.08. The van der Waals surface area contributed by atoms with Gasteiger partial charge in [-0.1, -0.05) is 66.4 Å². The fraction of sp³-hybridized carbons (Fsp3) is 0.190. The molecule has 26 heavy (non-hydrogen) atoms. The minimum absolute atomic E-state index is 0.00496. The van der Waals surface area contributed by atoms with Crippen LogP contribution in [0.5, 0.6) is 0 Å². The van der Waals surface area contributed by atoms with E-state index in [1.165, 1.54) is 9.79 Å².